The lowest BCUT2D eigenvalue weighted by atomic mass is 10.2. The predicted molar refractivity (Wildman–Crippen MR) is 100.0 cm³/mol. The van der Waals surface area contributed by atoms with Gasteiger partial charge in [-0.3, -0.25) is 4.79 Å². The van der Waals surface area contributed by atoms with Crippen molar-refractivity contribution in [2.75, 3.05) is 18.9 Å². The van der Waals surface area contributed by atoms with Crippen molar-refractivity contribution in [2.45, 2.75) is 12.7 Å². The second-order valence-electron chi connectivity index (χ2n) is 5.09. The number of carbonyl (C=O) groups excluding carboxylic acids is 1. The molecule has 0 bridgehead atoms. The number of ether oxygens (including phenoxy) is 1. The minimum Gasteiger partial charge on any atom is -0.484 e. The summed E-state index contributed by atoms with van der Waals surface area (Å²) in [6, 6.07) is 16.0. The molecule has 1 amide bonds. The lowest BCUT2D eigenvalue weighted by Crippen LogP contribution is -2.30. The van der Waals surface area contributed by atoms with E-state index in [-0.39, 0.29) is 12.5 Å². The fourth-order valence-electron chi connectivity index (χ4n) is 1.93. The molecule has 0 unspecified atom stereocenters. The molecule has 0 radical (unpaired) electrons. The van der Waals surface area contributed by atoms with Crippen molar-refractivity contribution in [2.24, 2.45) is 0 Å². The van der Waals surface area contributed by atoms with Gasteiger partial charge in [0, 0.05) is 22.5 Å². The number of amides is 1. The van der Waals surface area contributed by atoms with Crippen LogP contribution in [0.2, 0.25) is 0 Å². The van der Waals surface area contributed by atoms with Crippen LogP contribution >= 0.6 is 27.7 Å². The highest BCUT2D eigenvalue weighted by Gasteiger charge is 2.03. The average Bonchev–Trinajstić information content (AvgIpc) is 2.56. The number of rotatable bonds is 8. The van der Waals surface area contributed by atoms with Gasteiger partial charge in [-0.05, 0) is 36.2 Å². The highest BCUT2D eigenvalue weighted by Crippen LogP contribution is 2.21. The topological polar surface area (TPSA) is 38.3 Å². The monoisotopic (exact) mass is 393 g/mol. The van der Waals surface area contributed by atoms with Crippen LogP contribution in [0.1, 0.15) is 11.1 Å². The van der Waals surface area contributed by atoms with Crippen molar-refractivity contribution in [3.8, 4) is 5.75 Å². The highest BCUT2D eigenvalue weighted by atomic mass is 79.9. The normalized spacial score (nSPS) is 10.3. The molecule has 122 valence electrons. The van der Waals surface area contributed by atoms with E-state index in [2.05, 4.69) is 33.4 Å². The van der Waals surface area contributed by atoms with Crippen molar-refractivity contribution < 1.29 is 9.53 Å². The van der Waals surface area contributed by atoms with Crippen LogP contribution in [-0.2, 0) is 10.5 Å². The zero-order valence-corrected chi connectivity index (χ0v) is 15.5. The standard InChI is InChI=1S/C18H20BrNO2S/c1-14-11-16(7-8-17(14)19)22-12-18(21)20-9-10-23-13-15-5-3-2-4-6-15/h2-8,11H,9-10,12-13H2,1H3,(H,20,21). The van der Waals surface area contributed by atoms with E-state index in [1.54, 1.807) is 11.8 Å². The molecule has 2 aromatic carbocycles. The summed E-state index contributed by atoms with van der Waals surface area (Å²) in [5.41, 5.74) is 2.39. The van der Waals surface area contributed by atoms with E-state index < -0.39 is 0 Å². The lowest BCUT2D eigenvalue weighted by Gasteiger charge is -2.08. The third kappa shape index (κ3) is 6.67. The quantitative estimate of drug-likeness (QED) is 0.683. The summed E-state index contributed by atoms with van der Waals surface area (Å²) in [5.74, 6) is 2.47. The molecule has 0 aliphatic heterocycles. The molecule has 2 aromatic rings. The Morgan fingerprint density at radius 1 is 1.22 bits per heavy atom. The van der Waals surface area contributed by atoms with Crippen LogP contribution in [-0.4, -0.2) is 24.8 Å². The number of thioether (sulfide) groups is 1. The summed E-state index contributed by atoms with van der Waals surface area (Å²) in [7, 11) is 0. The number of benzene rings is 2. The van der Waals surface area contributed by atoms with Gasteiger partial charge >= 0.3 is 0 Å². The van der Waals surface area contributed by atoms with Crippen molar-refractivity contribution in [3.63, 3.8) is 0 Å². The first-order chi connectivity index (χ1) is 11.1. The molecule has 0 aromatic heterocycles. The Labute approximate surface area is 149 Å². The Bertz CT molecular complexity index is 634. The third-order valence-electron chi connectivity index (χ3n) is 3.18. The van der Waals surface area contributed by atoms with Crippen molar-refractivity contribution >= 4 is 33.6 Å². The molecule has 0 aliphatic rings. The fourth-order valence-corrected chi connectivity index (χ4v) is 3.00. The van der Waals surface area contributed by atoms with Gasteiger partial charge in [0.05, 0.1) is 0 Å². The van der Waals surface area contributed by atoms with Crippen LogP contribution in [0.15, 0.2) is 53.0 Å². The van der Waals surface area contributed by atoms with E-state index in [0.29, 0.717) is 12.3 Å². The summed E-state index contributed by atoms with van der Waals surface area (Å²) < 4.78 is 6.52. The lowest BCUT2D eigenvalue weighted by molar-refractivity contribution is -0.122. The molecular formula is C18H20BrNO2S. The van der Waals surface area contributed by atoms with E-state index in [1.807, 2.05) is 43.3 Å². The average molecular weight is 394 g/mol. The second kappa shape index (κ2) is 9.63. The molecule has 0 heterocycles. The zero-order chi connectivity index (χ0) is 16.5. The maximum atomic E-state index is 11.7. The highest BCUT2D eigenvalue weighted by molar-refractivity contribution is 9.10. The molecule has 1 N–H and O–H groups in total. The molecule has 0 atom stereocenters. The van der Waals surface area contributed by atoms with Gasteiger partial charge in [-0.15, -0.1) is 0 Å². The SMILES string of the molecule is Cc1cc(OCC(=O)NCCSCc2ccccc2)ccc1Br. The van der Waals surface area contributed by atoms with Gasteiger partial charge in [-0.25, -0.2) is 0 Å². The van der Waals surface area contributed by atoms with Gasteiger partial charge in [-0.1, -0.05) is 46.3 Å². The summed E-state index contributed by atoms with van der Waals surface area (Å²) in [6.07, 6.45) is 0. The number of aryl methyl sites for hydroxylation is 1. The minimum atomic E-state index is -0.0918. The van der Waals surface area contributed by atoms with Crippen LogP contribution in [0, 0.1) is 6.92 Å². The molecule has 0 spiro atoms. The Morgan fingerprint density at radius 3 is 2.74 bits per heavy atom. The number of hydrogen-bond donors (Lipinski definition) is 1. The number of hydrogen-bond acceptors (Lipinski definition) is 3. The summed E-state index contributed by atoms with van der Waals surface area (Å²) in [4.78, 5) is 11.7. The smallest absolute Gasteiger partial charge is 0.257 e. The van der Waals surface area contributed by atoms with Gasteiger partial charge in [0.15, 0.2) is 6.61 Å². The van der Waals surface area contributed by atoms with Crippen LogP contribution in [0.5, 0.6) is 5.75 Å². The summed E-state index contributed by atoms with van der Waals surface area (Å²) in [6.45, 7) is 2.68. The van der Waals surface area contributed by atoms with Gasteiger partial charge < -0.3 is 10.1 Å². The zero-order valence-electron chi connectivity index (χ0n) is 13.0. The first-order valence-electron chi connectivity index (χ1n) is 7.42. The fraction of sp³-hybridized carbons (Fsp3) is 0.278. The van der Waals surface area contributed by atoms with Crippen molar-refractivity contribution in [1.82, 2.24) is 5.32 Å². The second-order valence-corrected chi connectivity index (χ2v) is 7.05. The van der Waals surface area contributed by atoms with Crippen LogP contribution in [0.3, 0.4) is 0 Å². The molecule has 0 saturated heterocycles. The number of carbonyl (C=O) groups is 1. The van der Waals surface area contributed by atoms with E-state index in [9.17, 15) is 4.79 Å². The molecule has 0 aliphatic carbocycles. The minimum absolute atomic E-state index is 0.0461. The van der Waals surface area contributed by atoms with Gasteiger partial charge in [0.1, 0.15) is 5.75 Å². The van der Waals surface area contributed by atoms with Crippen molar-refractivity contribution in [3.05, 3.63) is 64.1 Å². The van der Waals surface area contributed by atoms with Gasteiger partial charge in [0.25, 0.3) is 5.91 Å². The first kappa shape index (κ1) is 17.9. The van der Waals surface area contributed by atoms with Crippen molar-refractivity contribution in [1.29, 1.82) is 0 Å². The van der Waals surface area contributed by atoms with E-state index in [4.69, 9.17) is 4.74 Å². The Balaban J connectivity index is 1.59. The summed E-state index contributed by atoms with van der Waals surface area (Å²) >= 11 is 5.24. The van der Waals surface area contributed by atoms with Gasteiger partial charge in [-0.2, -0.15) is 11.8 Å². The predicted octanol–water partition coefficient (Wildman–Crippen LogP) is 4.19. The molecular weight excluding hydrogens is 374 g/mol. The van der Waals surface area contributed by atoms with E-state index in [1.165, 1.54) is 5.56 Å². The maximum absolute atomic E-state index is 11.7. The first-order valence-corrected chi connectivity index (χ1v) is 9.37. The number of halogens is 1. The molecule has 0 saturated carbocycles. The van der Waals surface area contributed by atoms with E-state index >= 15 is 0 Å². The maximum Gasteiger partial charge on any atom is 0.257 e. The third-order valence-corrected chi connectivity index (χ3v) is 5.10. The van der Waals surface area contributed by atoms with E-state index in [0.717, 1.165) is 21.5 Å². The van der Waals surface area contributed by atoms with Gasteiger partial charge in [0.2, 0.25) is 0 Å². The van der Waals surface area contributed by atoms with Crippen LogP contribution in [0.25, 0.3) is 0 Å². The summed E-state index contributed by atoms with van der Waals surface area (Å²) in [5, 5.41) is 2.87. The molecule has 2 rings (SSSR count). The van der Waals surface area contributed by atoms with Crippen LogP contribution < -0.4 is 10.1 Å². The Hall–Kier alpha value is -1.46. The molecule has 0 fully saturated rings. The van der Waals surface area contributed by atoms with Crippen LogP contribution in [0.4, 0.5) is 0 Å². The number of nitrogens with one attached hydrogen (secondary N) is 1. The molecule has 3 nitrogen and oxygen atoms in total. The largest absolute Gasteiger partial charge is 0.484 e. The molecule has 23 heavy (non-hydrogen) atoms. The Kier molecular flexibility index (Phi) is 7.49. The Morgan fingerprint density at radius 2 is 2.00 bits per heavy atom. The molecule has 5 heteroatoms.